The lowest BCUT2D eigenvalue weighted by atomic mass is 10.00. The van der Waals surface area contributed by atoms with Crippen LogP contribution >= 0.6 is 11.6 Å². The summed E-state index contributed by atoms with van der Waals surface area (Å²) in [5.41, 5.74) is 0.0371. The Bertz CT molecular complexity index is 631. The fraction of sp³-hybridized carbons (Fsp3) is 0.562. The molecule has 0 bridgehead atoms. The molecule has 1 aromatic carbocycles. The smallest absolute Gasteiger partial charge is 0.339 e. The highest BCUT2D eigenvalue weighted by Gasteiger charge is 2.20. The van der Waals surface area contributed by atoms with Gasteiger partial charge in [-0.1, -0.05) is 44.7 Å². The summed E-state index contributed by atoms with van der Waals surface area (Å²) in [5, 5.41) is 0.158. The Morgan fingerprint density at radius 1 is 1.35 bits per heavy atom. The normalized spacial score (nSPS) is 12.9. The van der Waals surface area contributed by atoms with Gasteiger partial charge >= 0.3 is 5.97 Å². The van der Waals surface area contributed by atoms with E-state index >= 15 is 0 Å². The molecule has 130 valence electrons. The van der Waals surface area contributed by atoms with Gasteiger partial charge in [-0.25, -0.2) is 17.9 Å². The van der Waals surface area contributed by atoms with Gasteiger partial charge < -0.3 is 4.74 Å². The molecule has 23 heavy (non-hydrogen) atoms. The van der Waals surface area contributed by atoms with Crippen LogP contribution in [0.2, 0.25) is 5.02 Å². The molecular weight excluding hydrogens is 338 g/mol. The third kappa shape index (κ3) is 5.79. The third-order valence-corrected chi connectivity index (χ3v) is 5.51. The number of esters is 1. The van der Waals surface area contributed by atoms with E-state index in [9.17, 15) is 13.2 Å². The number of carbonyl (C=O) groups excluding carboxylic acids is 1. The van der Waals surface area contributed by atoms with Crippen molar-refractivity contribution < 1.29 is 17.9 Å². The van der Waals surface area contributed by atoms with Gasteiger partial charge in [0.05, 0.1) is 22.6 Å². The SMILES string of the molecule is CCCC[C@@H](CC)CNS(=O)(=O)c1ccc(Cl)c(C(=O)OC)c1. The summed E-state index contributed by atoms with van der Waals surface area (Å²) < 4.78 is 32.0. The van der Waals surface area contributed by atoms with E-state index < -0.39 is 16.0 Å². The molecular formula is C16H24ClNO4S. The molecule has 0 aromatic heterocycles. The first kappa shape index (κ1) is 19.9. The zero-order valence-corrected chi connectivity index (χ0v) is 15.3. The zero-order chi connectivity index (χ0) is 17.5. The molecule has 0 unspecified atom stereocenters. The van der Waals surface area contributed by atoms with Crippen LogP contribution in [0, 0.1) is 5.92 Å². The molecule has 0 aliphatic heterocycles. The first-order valence-corrected chi connectivity index (χ1v) is 9.59. The van der Waals surface area contributed by atoms with E-state index in [0.29, 0.717) is 12.5 Å². The monoisotopic (exact) mass is 361 g/mol. The maximum atomic E-state index is 12.4. The number of sulfonamides is 1. The number of carbonyl (C=O) groups is 1. The van der Waals surface area contributed by atoms with Crippen LogP contribution in [0.3, 0.4) is 0 Å². The van der Waals surface area contributed by atoms with Gasteiger partial charge in [-0.15, -0.1) is 0 Å². The van der Waals surface area contributed by atoms with Gasteiger partial charge in [0.25, 0.3) is 0 Å². The van der Waals surface area contributed by atoms with Crippen molar-refractivity contribution in [3.63, 3.8) is 0 Å². The number of hydrogen-bond acceptors (Lipinski definition) is 4. The molecule has 0 fully saturated rings. The Hall–Kier alpha value is -1.11. The van der Waals surface area contributed by atoms with Crippen LogP contribution in [0.4, 0.5) is 0 Å². The maximum absolute atomic E-state index is 12.4. The molecule has 1 aromatic rings. The summed E-state index contributed by atoms with van der Waals surface area (Å²) in [4.78, 5) is 11.6. The fourth-order valence-electron chi connectivity index (χ4n) is 2.19. The van der Waals surface area contributed by atoms with Crippen LogP contribution in [-0.4, -0.2) is 28.0 Å². The summed E-state index contributed by atoms with van der Waals surface area (Å²) in [5.74, 6) is -0.362. The Labute approximate surface area is 143 Å². The highest BCUT2D eigenvalue weighted by molar-refractivity contribution is 7.89. The van der Waals surface area contributed by atoms with Crippen molar-refractivity contribution in [3.8, 4) is 0 Å². The quantitative estimate of drug-likeness (QED) is 0.682. The van der Waals surface area contributed by atoms with E-state index in [1.807, 2.05) is 6.92 Å². The molecule has 0 spiro atoms. The molecule has 0 amide bonds. The number of unbranched alkanes of at least 4 members (excludes halogenated alkanes) is 1. The Balaban J connectivity index is 2.89. The molecule has 7 heteroatoms. The van der Waals surface area contributed by atoms with Gasteiger partial charge in [-0.2, -0.15) is 0 Å². The van der Waals surface area contributed by atoms with E-state index in [1.165, 1.54) is 25.3 Å². The minimum atomic E-state index is -3.69. The van der Waals surface area contributed by atoms with E-state index in [4.69, 9.17) is 11.6 Å². The highest BCUT2D eigenvalue weighted by Crippen LogP contribution is 2.21. The minimum Gasteiger partial charge on any atom is -0.465 e. The molecule has 0 saturated heterocycles. The average Bonchev–Trinajstić information content (AvgIpc) is 2.54. The second-order valence-electron chi connectivity index (χ2n) is 5.40. The van der Waals surface area contributed by atoms with Crippen LogP contribution in [-0.2, 0) is 14.8 Å². The molecule has 0 aliphatic carbocycles. The number of benzene rings is 1. The largest absolute Gasteiger partial charge is 0.465 e. The lowest BCUT2D eigenvalue weighted by Crippen LogP contribution is -2.29. The second-order valence-corrected chi connectivity index (χ2v) is 7.58. The standard InChI is InChI=1S/C16H24ClNO4S/c1-4-6-7-12(5-2)11-18-23(20,21)13-8-9-15(17)14(10-13)16(19)22-3/h8-10,12,18H,4-7,11H2,1-3H3/t12-/m1/s1. The Morgan fingerprint density at radius 3 is 2.61 bits per heavy atom. The summed E-state index contributed by atoms with van der Waals surface area (Å²) in [7, 11) is -2.47. The maximum Gasteiger partial charge on any atom is 0.339 e. The van der Waals surface area contributed by atoms with Crippen LogP contribution in [0.5, 0.6) is 0 Å². The van der Waals surface area contributed by atoms with Gasteiger partial charge in [0, 0.05) is 6.54 Å². The van der Waals surface area contributed by atoms with Crippen LogP contribution in [0.25, 0.3) is 0 Å². The van der Waals surface area contributed by atoms with Crippen molar-refractivity contribution in [3.05, 3.63) is 28.8 Å². The predicted octanol–water partition coefficient (Wildman–Crippen LogP) is 3.62. The zero-order valence-electron chi connectivity index (χ0n) is 13.8. The predicted molar refractivity (Wildman–Crippen MR) is 91.3 cm³/mol. The van der Waals surface area contributed by atoms with Gasteiger partial charge in [-0.05, 0) is 30.5 Å². The van der Waals surface area contributed by atoms with Crippen LogP contribution in [0.15, 0.2) is 23.1 Å². The number of methoxy groups -OCH3 is 1. The van der Waals surface area contributed by atoms with Crippen molar-refractivity contribution in [1.29, 1.82) is 0 Å². The van der Waals surface area contributed by atoms with E-state index in [2.05, 4.69) is 16.4 Å². The molecule has 1 atom stereocenters. The van der Waals surface area contributed by atoms with Crippen molar-refractivity contribution in [2.75, 3.05) is 13.7 Å². The molecule has 1 rings (SSSR count). The number of ether oxygens (including phenoxy) is 1. The van der Waals surface area contributed by atoms with Crippen molar-refractivity contribution in [1.82, 2.24) is 4.72 Å². The summed E-state index contributed by atoms with van der Waals surface area (Å²) in [6.07, 6.45) is 4.07. The molecule has 0 heterocycles. The van der Waals surface area contributed by atoms with Crippen molar-refractivity contribution in [2.24, 2.45) is 5.92 Å². The summed E-state index contributed by atoms with van der Waals surface area (Å²) in [6, 6.07) is 4.00. The minimum absolute atomic E-state index is 0.00708. The molecule has 1 N–H and O–H groups in total. The molecule has 0 saturated carbocycles. The first-order valence-electron chi connectivity index (χ1n) is 7.73. The van der Waals surface area contributed by atoms with Crippen LogP contribution < -0.4 is 4.72 Å². The average molecular weight is 362 g/mol. The molecule has 0 radical (unpaired) electrons. The van der Waals surface area contributed by atoms with Gasteiger partial charge in [0.1, 0.15) is 0 Å². The lowest BCUT2D eigenvalue weighted by molar-refractivity contribution is 0.0600. The topological polar surface area (TPSA) is 72.5 Å². The summed E-state index contributed by atoms with van der Waals surface area (Å²) >= 11 is 5.91. The van der Waals surface area contributed by atoms with E-state index in [0.717, 1.165) is 25.7 Å². The summed E-state index contributed by atoms with van der Waals surface area (Å²) in [6.45, 7) is 4.54. The van der Waals surface area contributed by atoms with Gasteiger partial charge in [0.15, 0.2) is 0 Å². The number of hydrogen-bond donors (Lipinski definition) is 1. The lowest BCUT2D eigenvalue weighted by Gasteiger charge is -2.16. The Kier molecular flexibility index (Phi) is 8.02. The van der Waals surface area contributed by atoms with E-state index in [1.54, 1.807) is 0 Å². The number of halogens is 1. The van der Waals surface area contributed by atoms with E-state index in [-0.39, 0.29) is 15.5 Å². The first-order chi connectivity index (χ1) is 10.9. The van der Waals surface area contributed by atoms with Gasteiger partial charge in [-0.3, -0.25) is 0 Å². The Morgan fingerprint density at radius 2 is 2.04 bits per heavy atom. The molecule has 5 nitrogen and oxygen atoms in total. The molecule has 0 aliphatic rings. The number of nitrogens with one attached hydrogen (secondary N) is 1. The highest BCUT2D eigenvalue weighted by atomic mass is 35.5. The fourth-order valence-corrected chi connectivity index (χ4v) is 3.53. The van der Waals surface area contributed by atoms with Crippen molar-refractivity contribution >= 4 is 27.6 Å². The third-order valence-electron chi connectivity index (χ3n) is 3.76. The van der Waals surface area contributed by atoms with Gasteiger partial charge in [0.2, 0.25) is 10.0 Å². The second kappa shape index (κ2) is 9.25. The van der Waals surface area contributed by atoms with Crippen molar-refractivity contribution in [2.45, 2.75) is 44.4 Å². The van der Waals surface area contributed by atoms with Crippen LogP contribution in [0.1, 0.15) is 49.9 Å². The number of rotatable bonds is 9.